The molecule has 30 heavy (non-hydrogen) atoms. The molecule has 2 aliphatic rings. The fourth-order valence-electron chi connectivity index (χ4n) is 4.43. The summed E-state index contributed by atoms with van der Waals surface area (Å²) in [6, 6.07) is 7.59. The number of hydrogen-bond acceptors (Lipinski definition) is 6. The number of esters is 1. The minimum absolute atomic E-state index is 0.00528. The van der Waals surface area contributed by atoms with Crippen LogP contribution < -0.4 is 10.1 Å². The third-order valence-electron chi connectivity index (χ3n) is 6.14. The molecule has 1 aromatic carbocycles. The number of carbonyl (C=O) groups excluding carboxylic acids is 2. The third-order valence-corrected chi connectivity index (χ3v) is 6.14. The van der Waals surface area contributed by atoms with Crippen LogP contribution in [0, 0.1) is 0 Å². The molecule has 1 aromatic rings. The lowest BCUT2D eigenvalue weighted by Crippen LogP contribution is -2.59. The summed E-state index contributed by atoms with van der Waals surface area (Å²) in [5.74, 6) is -0.140. The Bertz CT molecular complexity index is 697. The van der Waals surface area contributed by atoms with E-state index in [0.717, 1.165) is 51.1 Å². The Kier molecular flexibility index (Phi) is 8.51. The van der Waals surface area contributed by atoms with Crippen molar-refractivity contribution < 1.29 is 23.8 Å². The van der Waals surface area contributed by atoms with Crippen molar-refractivity contribution in [1.29, 1.82) is 0 Å². The van der Waals surface area contributed by atoms with E-state index in [0.29, 0.717) is 12.3 Å². The predicted octanol–water partition coefficient (Wildman–Crippen LogP) is 2.32. The SMILES string of the molecule is CCc1ccccc1OCC(=O)OCC(=O)NCC1(N2CCOCC2)CCCCC1. The van der Waals surface area contributed by atoms with Gasteiger partial charge < -0.3 is 19.5 Å². The van der Waals surface area contributed by atoms with Crippen molar-refractivity contribution in [2.75, 3.05) is 46.1 Å². The standard InChI is InChI=1S/C23H34N2O5/c1-2-19-8-4-5-9-20(19)29-17-22(27)30-16-21(26)24-18-23(10-6-3-7-11-23)25-12-14-28-15-13-25/h4-5,8-9H,2-3,6-7,10-18H2,1H3,(H,24,26). The maximum Gasteiger partial charge on any atom is 0.344 e. The molecule has 7 heteroatoms. The van der Waals surface area contributed by atoms with Crippen LogP contribution in [0.1, 0.15) is 44.6 Å². The summed E-state index contributed by atoms with van der Waals surface area (Å²) in [5, 5.41) is 3.00. The van der Waals surface area contributed by atoms with E-state index in [9.17, 15) is 9.59 Å². The molecule has 1 N–H and O–H groups in total. The summed E-state index contributed by atoms with van der Waals surface area (Å²) in [4.78, 5) is 26.8. The second kappa shape index (κ2) is 11.3. The molecule has 166 valence electrons. The zero-order valence-electron chi connectivity index (χ0n) is 18.0. The van der Waals surface area contributed by atoms with Crippen LogP contribution in [-0.2, 0) is 25.5 Å². The predicted molar refractivity (Wildman–Crippen MR) is 113 cm³/mol. The molecule has 1 saturated heterocycles. The first-order chi connectivity index (χ1) is 14.6. The molecular weight excluding hydrogens is 384 g/mol. The number of ether oxygens (including phenoxy) is 3. The highest BCUT2D eigenvalue weighted by Gasteiger charge is 2.38. The Morgan fingerprint density at radius 2 is 1.83 bits per heavy atom. The van der Waals surface area contributed by atoms with Gasteiger partial charge in [-0.1, -0.05) is 44.4 Å². The zero-order valence-corrected chi connectivity index (χ0v) is 18.0. The van der Waals surface area contributed by atoms with Gasteiger partial charge in [-0.05, 0) is 30.9 Å². The molecule has 1 saturated carbocycles. The van der Waals surface area contributed by atoms with Crippen molar-refractivity contribution in [2.45, 2.75) is 51.0 Å². The first-order valence-corrected chi connectivity index (χ1v) is 11.1. The molecule has 0 radical (unpaired) electrons. The summed E-state index contributed by atoms with van der Waals surface area (Å²) in [7, 11) is 0. The highest BCUT2D eigenvalue weighted by molar-refractivity contribution is 5.81. The quantitative estimate of drug-likeness (QED) is 0.620. The van der Waals surface area contributed by atoms with Gasteiger partial charge in [-0.2, -0.15) is 0 Å². The molecule has 0 aromatic heterocycles. The van der Waals surface area contributed by atoms with Gasteiger partial charge in [-0.3, -0.25) is 9.69 Å². The number of aryl methyl sites for hydroxylation is 1. The average molecular weight is 419 g/mol. The number of amides is 1. The number of rotatable bonds is 9. The number of hydrogen-bond donors (Lipinski definition) is 1. The molecule has 7 nitrogen and oxygen atoms in total. The van der Waals surface area contributed by atoms with E-state index in [-0.39, 0.29) is 24.7 Å². The van der Waals surface area contributed by atoms with Gasteiger partial charge in [0.2, 0.25) is 0 Å². The number of nitrogens with zero attached hydrogens (tertiary/aromatic N) is 1. The van der Waals surface area contributed by atoms with E-state index in [1.165, 1.54) is 19.3 Å². The molecule has 0 atom stereocenters. The Balaban J connectivity index is 1.42. The van der Waals surface area contributed by atoms with Crippen LogP contribution in [0.5, 0.6) is 5.75 Å². The lowest BCUT2D eigenvalue weighted by atomic mass is 9.79. The number of benzene rings is 1. The highest BCUT2D eigenvalue weighted by atomic mass is 16.6. The van der Waals surface area contributed by atoms with Crippen molar-refractivity contribution in [1.82, 2.24) is 10.2 Å². The van der Waals surface area contributed by atoms with Crippen molar-refractivity contribution in [3.8, 4) is 5.75 Å². The molecule has 0 bridgehead atoms. The summed E-state index contributed by atoms with van der Waals surface area (Å²) in [6.45, 7) is 5.43. The lowest BCUT2D eigenvalue weighted by Gasteiger charge is -2.48. The smallest absolute Gasteiger partial charge is 0.344 e. The van der Waals surface area contributed by atoms with Gasteiger partial charge in [-0.25, -0.2) is 4.79 Å². The Labute approximate surface area is 179 Å². The van der Waals surface area contributed by atoms with Gasteiger partial charge >= 0.3 is 5.97 Å². The normalized spacial score (nSPS) is 19.1. The van der Waals surface area contributed by atoms with Gasteiger partial charge in [-0.15, -0.1) is 0 Å². The van der Waals surface area contributed by atoms with Gasteiger partial charge in [0.15, 0.2) is 13.2 Å². The summed E-state index contributed by atoms with van der Waals surface area (Å²) in [5.41, 5.74) is 1.03. The van der Waals surface area contributed by atoms with Crippen LogP contribution in [0.25, 0.3) is 0 Å². The lowest BCUT2D eigenvalue weighted by molar-refractivity contribution is -0.150. The van der Waals surface area contributed by atoms with Crippen molar-refractivity contribution in [3.63, 3.8) is 0 Å². The number of nitrogens with one attached hydrogen (secondary N) is 1. The Morgan fingerprint density at radius 3 is 2.57 bits per heavy atom. The molecule has 0 unspecified atom stereocenters. The summed E-state index contributed by atoms with van der Waals surface area (Å²) in [6.07, 6.45) is 6.59. The minimum Gasteiger partial charge on any atom is -0.482 e. The first-order valence-electron chi connectivity index (χ1n) is 11.1. The van der Waals surface area contributed by atoms with E-state index in [1.54, 1.807) is 0 Å². The van der Waals surface area contributed by atoms with Gasteiger partial charge in [0.05, 0.1) is 13.2 Å². The van der Waals surface area contributed by atoms with E-state index < -0.39 is 5.97 Å². The van der Waals surface area contributed by atoms with Gasteiger partial charge in [0, 0.05) is 25.2 Å². The van der Waals surface area contributed by atoms with Gasteiger partial charge in [0.1, 0.15) is 5.75 Å². The molecule has 2 fully saturated rings. The minimum atomic E-state index is -0.545. The number of morpholine rings is 1. The molecule has 1 aliphatic carbocycles. The largest absolute Gasteiger partial charge is 0.482 e. The Hall–Kier alpha value is -2.12. The molecule has 0 spiro atoms. The number of carbonyl (C=O) groups is 2. The van der Waals surface area contributed by atoms with E-state index >= 15 is 0 Å². The van der Waals surface area contributed by atoms with Crippen molar-refractivity contribution in [2.24, 2.45) is 0 Å². The second-order valence-corrected chi connectivity index (χ2v) is 8.07. The Morgan fingerprint density at radius 1 is 1.10 bits per heavy atom. The van der Waals surface area contributed by atoms with Crippen molar-refractivity contribution in [3.05, 3.63) is 29.8 Å². The molecule has 1 aliphatic heterocycles. The number of para-hydroxylation sites is 1. The fraction of sp³-hybridized carbons (Fsp3) is 0.652. The monoisotopic (exact) mass is 418 g/mol. The average Bonchev–Trinajstić information content (AvgIpc) is 2.81. The zero-order chi connectivity index (χ0) is 21.2. The van der Waals surface area contributed by atoms with Gasteiger partial charge in [0.25, 0.3) is 5.91 Å². The fourth-order valence-corrected chi connectivity index (χ4v) is 4.43. The second-order valence-electron chi connectivity index (χ2n) is 8.07. The van der Waals surface area contributed by atoms with Crippen LogP contribution in [-0.4, -0.2) is 68.4 Å². The summed E-state index contributed by atoms with van der Waals surface area (Å²) < 4.78 is 16.2. The van der Waals surface area contributed by atoms with Crippen LogP contribution in [0.15, 0.2) is 24.3 Å². The third kappa shape index (κ3) is 6.19. The molecule has 1 amide bonds. The highest BCUT2D eigenvalue weighted by Crippen LogP contribution is 2.33. The molecule has 3 rings (SSSR count). The summed E-state index contributed by atoms with van der Waals surface area (Å²) >= 11 is 0. The van der Waals surface area contributed by atoms with E-state index in [4.69, 9.17) is 14.2 Å². The van der Waals surface area contributed by atoms with Crippen LogP contribution in [0.4, 0.5) is 0 Å². The van der Waals surface area contributed by atoms with Crippen LogP contribution >= 0.6 is 0 Å². The first kappa shape index (κ1) is 22.6. The molecule has 1 heterocycles. The van der Waals surface area contributed by atoms with E-state index in [2.05, 4.69) is 10.2 Å². The van der Waals surface area contributed by atoms with Crippen LogP contribution in [0.2, 0.25) is 0 Å². The maximum atomic E-state index is 12.3. The van der Waals surface area contributed by atoms with E-state index in [1.807, 2.05) is 31.2 Å². The topological polar surface area (TPSA) is 77.1 Å². The maximum absolute atomic E-state index is 12.3. The van der Waals surface area contributed by atoms with Crippen molar-refractivity contribution >= 4 is 11.9 Å². The van der Waals surface area contributed by atoms with Crippen LogP contribution in [0.3, 0.4) is 0 Å². The molecular formula is C23H34N2O5.